The summed E-state index contributed by atoms with van der Waals surface area (Å²) in [6, 6.07) is 14.5. The fraction of sp³-hybridized carbons (Fsp3) is 0.370. The number of aromatic nitrogens is 2. The van der Waals surface area contributed by atoms with Crippen LogP contribution < -0.4 is 15.1 Å². The van der Waals surface area contributed by atoms with E-state index in [0.29, 0.717) is 31.0 Å². The molecule has 182 valence electrons. The minimum Gasteiger partial charge on any atom is -0.369 e. The minimum atomic E-state index is -0.120. The Bertz CT molecular complexity index is 1240. The second-order valence-corrected chi connectivity index (χ2v) is 9.57. The number of fused-ring (bicyclic) bond motifs is 1. The summed E-state index contributed by atoms with van der Waals surface area (Å²) in [4.78, 5) is 32.1. The predicted molar refractivity (Wildman–Crippen MR) is 138 cm³/mol. The molecule has 0 aliphatic carbocycles. The summed E-state index contributed by atoms with van der Waals surface area (Å²) in [5.41, 5.74) is 7.08. The van der Waals surface area contributed by atoms with Gasteiger partial charge in [0, 0.05) is 49.7 Å². The normalized spacial score (nSPS) is 16.4. The highest BCUT2D eigenvalue weighted by Crippen LogP contribution is 2.28. The molecule has 2 aromatic carbocycles. The molecule has 1 saturated heterocycles. The Hall–Kier alpha value is -3.65. The summed E-state index contributed by atoms with van der Waals surface area (Å²) >= 11 is 0. The molecular weight excluding hydrogens is 440 g/mol. The Morgan fingerprint density at radius 3 is 2.40 bits per heavy atom. The maximum absolute atomic E-state index is 13.0. The van der Waals surface area contributed by atoms with E-state index in [4.69, 9.17) is 0 Å². The number of hydrogen-bond donors (Lipinski definition) is 2. The summed E-state index contributed by atoms with van der Waals surface area (Å²) in [6.45, 7) is 10.6. The molecule has 0 radical (unpaired) electrons. The molecule has 0 atom stereocenters. The van der Waals surface area contributed by atoms with Crippen LogP contribution in [0.3, 0.4) is 0 Å². The van der Waals surface area contributed by atoms with E-state index in [1.54, 1.807) is 4.90 Å². The Kier molecular flexibility index (Phi) is 6.30. The molecule has 0 unspecified atom stereocenters. The first-order chi connectivity index (χ1) is 16.9. The van der Waals surface area contributed by atoms with Crippen molar-refractivity contribution in [3.8, 4) is 0 Å². The number of carbonyl (C=O) groups excluding carboxylic acids is 2. The van der Waals surface area contributed by atoms with Gasteiger partial charge in [0.05, 0.1) is 6.54 Å². The van der Waals surface area contributed by atoms with Gasteiger partial charge < -0.3 is 15.1 Å². The second-order valence-electron chi connectivity index (χ2n) is 9.57. The minimum absolute atomic E-state index is 0.104. The maximum atomic E-state index is 13.0. The summed E-state index contributed by atoms with van der Waals surface area (Å²) in [7, 11) is 0. The van der Waals surface area contributed by atoms with Crippen molar-refractivity contribution in [2.24, 2.45) is 0 Å². The lowest BCUT2D eigenvalue weighted by atomic mass is 10.0. The van der Waals surface area contributed by atoms with Gasteiger partial charge in [-0.05, 0) is 51.0 Å². The third kappa shape index (κ3) is 4.79. The van der Waals surface area contributed by atoms with E-state index in [9.17, 15) is 9.59 Å². The number of benzene rings is 2. The largest absolute Gasteiger partial charge is 0.369 e. The van der Waals surface area contributed by atoms with Crippen LogP contribution in [0.4, 0.5) is 17.2 Å². The van der Waals surface area contributed by atoms with Crippen LogP contribution in [0.25, 0.3) is 0 Å². The third-order valence-electron chi connectivity index (χ3n) is 6.95. The molecule has 35 heavy (non-hydrogen) atoms. The van der Waals surface area contributed by atoms with Crippen molar-refractivity contribution in [3.05, 3.63) is 70.4 Å². The first-order valence-electron chi connectivity index (χ1n) is 12.2. The van der Waals surface area contributed by atoms with Crippen LogP contribution in [0.2, 0.25) is 0 Å². The van der Waals surface area contributed by atoms with Crippen LogP contribution in [0.15, 0.2) is 42.5 Å². The molecule has 8 heteroatoms. The molecule has 8 nitrogen and oxygen atoms in total. The number of hydrogen-bond acceptors (Lipinski definition) is 5. The molecule has 3 aromatic rings. The Labute approximate surface area is 205 Å². The summed E-state index contributed by atoms with van der Waals surface area (Å²) in [6.07, 6.45) is 0.635. The van der Waals surface area contributed by atoms with Gasteiger partial charge in [0.2, 0.25) is 5.91 Å². The van der Waals surface area contributed by atoms with E-state index in [2.05, 4.69) is 57.4 Å². The van der Waals surface area contributed by atoms with Gasteiger partial charge in [0.15, 0.2) is 5.82 Å². The summed E-state index contributed by atoms with van der Waals surface area (Å²) < 4.78 is 0. The van der Waals surface area contributed by atoms with Gasteiger partial charge in [-0.3, -0.25) is 19.6 Å². The number of carbonyl (C=O) groups is 2. The van der Waals surface area contributed by atoms with Gasteiger partial charge >= 0.3 is 0 Å². The number of aromatic amines is 1. The molecule has 5 rings (SSSR count). The standard InChI is InChI=1S/C27H32N6O2/c1-18-4-7-21(8-5-18)33-11-10-22-25(27(33)35)29-30-26(22)28-24(34)17-31-12-14-32(15-13-31)23-9-6-19(2)16-20(23)3/h4-9,16H,10-15,17H2,1-3H3,(H2,28,29,30,34). The van der Waals surface area contributed by atoms with Crippen molar-refractivity contribution in [1.29, 1.82) is 0 Å². The van der Waals surface area contributed by atoms with Crippen molar-refractivity contribution in [1.82, 2.24) is 15.1 Å². The molecule has 0 bridgehead atoms. The Morgan fingerprint density at radius 1 is 0.971 bits per heavy atom. The van der Waals surface area contributed by atoms with Crippen LogP contribution in [0, 0.1) is 20.8 Å². The topological polar surface area (TPSA) is 84.6 Å². The smallest absolute Gasteiger partial charge is 0.276 e. The van der Waals surface area contributed by atoms with Crippen LogP contribution in [0.1, 0.15) is 32.7 Å². The molecule has 2 N–H and O–H groups in total. The lowest BCUT2D eigenvalue weighted by Gasteiger charge is -2.36. The molecule has 0 saturated carbocycles. The fourth-order valence-corrected chi connectivity index (χ4v) is 5.00. The molecule has 3 heterocycles. The molecule has 1 aromatic heterocycles. The fourth-order valence-electron chi connectivity index (χ4n) is 5.00. The zero-order valence-corrected chi connectivity index (χ0v) is 20.6. The number of rotatable bonds is 5. The molecule has 2 aliphatic rings. The van der Waals surface area contributed by atoms with E-state index in [1.807, 2.05) is 31.2 Å². The molecule has 0 spiro atoms. The SMILES string of the molecule is Cc1ccc(N2CCc3c(NC(=O)CN4CCN(c5ccc(C)cc5C)CC4)n[nH]c3C2=O)cc1. The van der Waals surface area contributed by atoms with Crippen molar-refractivity contribution in [2.75, 3.05) is 54.4 Å². The summed E-state index contributed by atoms with van der Waals surface area (Å²) in [5, 5.41) is 10.0. The van der Waals surface area contributed by atoms with Gasteiger partial charge in [0.1, 0.15) is 5.69 Å². The molecule has 2 amide bonds. The molecule has 2 aliphatic heterocycles. The monoisotopic (exact) mass is 472 g/mol. The van der Waals surface area contributed by atoms with E-state index in [1.165, 1.54) is 16.8 Å². The lowest BCUT2D eigenvalue weighted by molar-refractivity contribution is -0.117. The first-order valence-corrected chi connectivity index (χ1v) is 12.2. The van der Waals surface area contributed by atoms with Crippen molar-refractivity contribution >= 4 is 29.0 Å². The van der Waals surface area contributed by atoms with Gasteiger partial charge in [-0.2, -0.15) is 5.10 Å². The number of piperazine rings is 1. The first kappa shape index (κ1) is 23.1. The van der Waals surface area contributed by atoms with E-state index < -0.39 is 0 Å². The van der Waals surface area contributed by atoms with Gasteiger partial charge in [-0.1, -0.05) is 35.4 Å². The van der Waals surface area contributed by atoms with E-state index >= 15 is 0 Å². The Balaban J connectivity index is 1.17. The highest BCUT2D eigenvalue weighted by atomic mass is 16.2. The number of amides is 2. The quantitative estimate of drug-likeness (QED) is 0.595. The molecular formula is C27H32N6O2. The van der Waals surface area contributed by atoms with Crippen LogP contribution in [-0.2, 0) is 11.2 Å². The zero-order valence-electron chi connectivity index (χ0n) is 20.6. The highest BCUT2D eigenvalue weighted by molar-refractivity contribution is 6.08. The van der Waals surface area contributed by atoms with Crippen molar-refractivity contribution in [3.63, 3.8) is 0 Å². The van der Waals surface area contributed by atoms with E-state index in [-0.39, 0.29) is 11.8 Å². The van der Waals surface area contributed by atoms with Gasteiger partial charge in [-0.15, -0.1) is 0 Å². The third-order valence-corrected chi connectivity index (χ3v) is 6.95. The van der Waals surface area contributed by atoms with Gasteiger partial charge in [-0.25, -0.2) is 0 Å². The highest BCUT2D eigenvalue weighted by Gasteiger charge is 2.30. The van der Waals surface area contributed by atoms with Crippen LogP contribution in [-0.4, -0.2) is 66.2 Å². The number of nitrogens with zero attached hydrogens (tertiary/aromatic N) is 4. The number of H-pyrrole nitrogens is 1. The average molecular weight is 473 g/mol. The second kappa shape index (κ2) is 9.54. The summed E-state index contributed by atoms with van der Waals surface area (Å²) in [5.74, 6) is 0.245. The van der Waals surface area contributed by atoms with Crippen LogP contribution in [0.5, 0.6) is 0 Å². The number of aryl methyl sites for hydroxylation is 3. The zero-order chi connectivity index (χ0) is 24.5. The van der Waals surface area contributed by atoms with E-state index in [0.717, 1.165) is 43.0 Å². The predicted octanol–water partition coefficient (Wildman–Crippen LogP) is 3.30. The van der Waals surface area contributed by atoms with Crippen molar-refractivity contribution in [2.45, 2.75) is 27.2 Å². The molecule has 1 fully saturated rings. The maximum Gasteiger partial charge on any atom is 0.276 e. The Morgan fingerprint density at radius 2 is 1.69 bits per heavy atom. The number of nitrogens with one attached hydrogen (secondary N) is 2. The van der Waals surface area contributed by atoms with Crippen molar-refractivity contribution < 1.29 is 9.59 Å². The van der Waals surface area contributed by atoms with Crippen LogP contribution >= 0.6 is 0 Å². The van der Waals surface area contributed by atoms with Gasteiger partial charge in [0.25, 0.3) is 5.91 Å². The number of anilines is 3. The average Bonchev–Trinajstić information content (AvgIpc) is 3.24. The lowest BCUT2D eigenvalue weighted by Crippen LogP contribution is -2.49.